The number of rotatable bonds is 5. The summed E-state index contributed by atoms with van der Waals surface area (Å²) in [6.45, 7) is 4.68. The van der Waals surface area contributed by atoms with Gasteiger partial charge in [0.15, 0.2) is 5.82 Å². The van der Waals surface area contributed by atoms with Crippen molar-refractivity contribution in [1.29, 1.82) is 0 Å². The monoisotopic (exact) mass is 290 g/mol. The van der Waals surface area contributed by atoms with Crippen LogP contribution in [0.3, 0.4) is 0 Å². The molecule has 0 fully saturated rings. The van der Waals surface area contributed by atoms with Crippen molar-refractivity contribution < 1.29 is 4.79 Å². The minimum Gasteiger partial charge on any atom is -0.341 e. The quantitative estimate of drug-likeness (QED) is 0.853. The van der Waals surface area contributed by atoms with Gasteiger partial charge in [-0.1, -0.05) is 6.92 Å². The van der Waals surface area contributed by atoms with E-state index in [4.69, 9.17) is 0 Å². The van der Waals surface area contributed by atoms with E-state index in [0.29, 0.717) is 5.82 Å². The standard InChI is InChI=1S/C13H18N6O2/c1-4-7-19-8-14-16-12(19)9(2)15-13(21)10-5-6-11(20)18(3)17-10/h5-6,8-9H,4,7H2,1-3H3,(H,15,21)/t9-/m1/s1. The molecule has 0 spiro atoms. The average Bonchev–Trinajstić information content (AvgIpc) is 2.90. The Morgan fingerprint density at radius 1 is 1.43 bits per heavy atom. The molecular formula is C13H18N6O2. The molecule has 0 radical (unpaired) electrons. The lowest BCUT2D eigenvalue weighted by Crippen LogP contribution is -2.31. The van der Waals surface area contributed by atoms with Gasteiger partial charge in [0.2, 0.25) is 0 Å². The van der Waals surface area contributed by atoms with E-state index in [2.05, 4.69) is 27.5 Å². The summed E-state index contributed by atoms with van der Waals surface area (Å²) in [5.74, 6) is 0.333. The Bertz CT molecular complexity index is 690. The molecule has 112 valence electrons. The molecule has 21 heavy (non-hydrogen) atoms. The first-order valence-electron chi connectivity index (χ1n) is 6.76. The molecule has 1 amide bonds. The Balaban J connectivity index is 2.13. The Kier molecular flexibility index (Phi) is 4.46. The van der Waals surface area contributed by atoms with Crippen molar-refractivity contribution in [2.75, 3.05) is 0 Å². The molecule has 1 atom stereocenters. The molecule has 2 heterocycles. The summed E-state index contributed by atoms with van der Waals surface area (Å²) < 4.78 is 3.03. The smallest absolute Gasteiger partial charge is 0.272 e. The maximum atomic E-state index is 12.1. The van der Waals surface area contributed by atoms with Gasteiger partial charge < -0.3 is 9.88 Å². The van der Waals surface area contributed by atoms with Crippen molar-refractivity contribution in [1.82, 2.24) is 29.9 Å². The molecule has 0 saturated heterocycles. The highest BCUT2D eigenvalue weighted by Gasteiger charge is 2.17. The van der Waals surface area contributed by atoms with Gasteiger partial charge in [0.05, 0.1) is 6.04 Å². The van der Waals surface area contributed by atoms with Crippen LogP contribution in [0.5, 0.6) is 0 Å². The molecule has 0 aromatic carbocycles. The van der Waals surface area contributed by atoms with Gasteiger partial charge in [0, 0.05) is 19.7 Å². The molecular weight excluding hydrogens is 272 g/mol. The van der Waals surface area contributed by atoms with Crippen molar-refractivity contribution >= 4 is 5.91 Å². The molecule has 8 nitrogen and oxygen atoms in total. The molecule has 0 aliphatic heterocycles. The molecule has 1 N–H and O–H groups in total. The van der Waals surface area contributed by atoms with Crippen molar-refractivity contribution in [3.05, 3.63) is 40.3 Å². The van der Waals surface area contributed by atoms with Crippen molar-refractivity contribution in [3.63, 3.8) is 0 Å². The number of carbonyl (C=O) groups is 1. The summed E-state index contributed by atoms with van der Waals surface area (Å²) in [5.41, 5.74) is -0.0761. The average molecular weight is 290 g/mol. The van der Waals surface area contributed by atoms with E-state index >= 15 is 0 Å². The number of nitrogens with one attached hydrogen (secondary N) is 1. The first-order valence-corrected chi connectivity index (χ1v) is 6.76. The van der Waals surface area contributed by atoms with Gasteiger partial charge in [-0.15, -0.1) is 10.2 Å². The fourth-order valence-electron chi connectivity index (χ4n) is 1.97. The highest BCUT2D eigenvalue weighted by atomic mass is 16.2. The summed E-state index contributed by atoms with van der Waals surface area (Å²) in [7, 11) is 1.50. The van der Waals surface area contributed by atoms with Crippen LogP contribution in [0.25, 0.3) is 0 Å². The zero-order valence-electron chi connectivity index (χ0n) is 12.3. The van der Waals surface area contributed by atoms with Gasteiger partial charge in [0.25, 0.3) is 11.5 Å². The molecule has 2 rings (SSSR count). The van der Waals surface area contributed by atoms with E-state index in [1.54, 1.807) is 6.33 Å². The van der Waals surface area contributed by atoms with Crippen LogP contribution in [-0.2, 0) is 13.6 Å². The third-order valence-electron chi connectivity index (χ3n) is 3.04. The molecule has 0 bridgehead atoms. The molecule has 0 unspecified atom stereocenters. The van der Waals surface area contributed by atoms with Crippen molar-refractivity contribution in [3.8, 4) is 0 Å². The molecule has 2 aromatic rings. The van der Waals surface area contributed by atoms with E-state index in [1.165, 1.54) is 19.2 Å². The van der Waals surface area contributed by atoms with E-state index in [9.17, 15) is 9.59 Å². The van der Waals surface area contributed by atoms with Gasteiger partial charge in [0.1, 0.15) is 12.0 Å². The second-order valence-corrected chi connectivity index (χ2v) is 4.76. The Labute approximate surface area is 121 Å². The maximum absolute atomic E-state index is 12.1. The van der Waals surface area contributed by atoms with Crippen LogP contribution in [0.4, 0.5) is 0 Å². The van der Waals surface area contributed by atoms with E-state index < -0.39 is 0 Å². The van der Waals surface area contributed by atoms with Crippen molar-refractivity contribution in [2.45, 2.75) is 32.9 Å². The number of amides is 1. The van der Waals surface area contributed by atoms with Crippen LogP contribution < -0.4 is 10.9 Å². The van der Waals surface area contributed by atoms with Gasteiger partial charge in [-0.3, -0.25) is 9.59 Å². The van der Waals surface area contributed by atoms with Gasteiger partial charge in [-0.2, -0.15) is 5.10 Å². The summed E-state index contributed by atoms with van der Waals surface area (Å²) in [4.78, 5) is 23.4. The van der Waals surface area contributed by atoms with Crippen LogP contribution in [0.2, 0.25) is 0 Å². The summed E-state index contributed by atoms with van der Waals surface area (Å²) >= 11 is 0. The molecule has 0 aliphatic carbocycles. The molecule has 0 aliphatic rings. The third-order valence-corrected chi connectivity index (χ3v) is 3.04. The highest BCUT2D eigenvalue weighted by Crippen LogP contribution is 2.10. The summed E-state index contributed by atoms with van der Waals surface area (Å²) in [6, 6.07) is 2.42. The van der Waals surface area contributed by atoms with Crippen LogP contribution in [-0.4, -0.2) is 30.5 Å². The number of nitrogens with zero attached hydrogens (tertiary/aromatic N) is 5. The normalized spacial score (nSPS) is 12.1. The number of aryl methyl sites for hydroxylation is 2. The minimum absolute atomic E-state index is 0.186. The lowest BCUT2D eigenvalue weighted by molar-refractivity contribution is 0.0930. The van der Waals surface area contributed by atoms with E-state index in [-0.39, 0.29) is 23.2 Å². The van der Waals surface area contributed by atoms with Crippen LogP contribution in [0.15, 0.2) is 23.3 Å². The lowest BCUT2D eigenvalue weighted by Gasteiger charge is -2.14. The highest BCUT2D eigenvalue weighted by molar-refractivity contribution is 5.92. The first kappa shape index (κ1) is 14.9. The van der Waals surface area contributed by atoms with E-state index in [1.807, 2.05) is 11.5 Å². The van der Waals surface area contributed by atoms with Crippen molar-refractivity contribution in [2.24, 2.45) is 7.05 Å². The van der Waals surface area contributed by atoms with E-state index in [0.717, 1.165) is 17.6 Å². The topological polar surface area (TPSA) is 94.7 Å². The zero-order valence-corrected chi connectivity index (χ0v) is 12.3. The number of carbonyl (C=O) groups excluding carboxylic acids is 1. The maximum Gasteiger partial charge on any atom is 0.272 e. The van der Waals surface area contributed by atoms with Gasteiger partial charge in [-0.25, -0.2) is 4.68 Å². The minimum atomic E-state index is -0.357. The Morgan fingerprint density at radius 3 is 2.86 bits per heavy atom. The summed E-state index contributed by atoms with van der Waals surface area (Å²) in [6.07, 6.45) is 2.60. The Morgan fingerprint density at radius 2 is 2.19 bits per heavy atom. The second kappa shape index (κ2) is 6.29. The number of aromatic nitrogens is 5. The number of hydrogen-bond acceptors (Lipinski definition) is 5. The SMILES string of the molecule is CCCn1cnnc1[C@@H](C)NC(=O)c1ccc(=O)n(C)n1. The first-order chi connectivity index (χ1) is 10.0. The van der Waals surface area contributed by atoms with Gasteiger partial charge >= 0.3 is 0 Å². The molecule has 2 aromatic heterocycles. The summed E-state index contributed by atoms with van der Waals surface area (Å²) in [5, 5.41) is 14.6. The van der Waals surface area contributed by atoms with Crippen LogP contribution in [0.1, 0.15) is 42.6 Å². The molecule has 8 heteroatoms. The molecule has 0 saturated carbocycles. The fourth-order valence-corrected chi connectivity index (χ4v) is 1.97. The lowest BCUT2D eigenvalue weighted by atomic mass is 10.2. The Hall–Kier alpha value is -2.51. The van der Waals surface area contributed by atoms with Crippen LogP contribution in [0, 0.1) is 0 Å². The second-order valence-electron chi connectivity index (χ2n) is 4.76. The predicted molar refractivity (Wildman–Crippen MR) is 75.7 cm³/mol. The predicted octanol–water partition coefficient (Wildman–Crippen LogP) is 0.273. The number of hydrogen-bond donors (Lipinski definition) is 1. The van der Waals surface area contributed by atoms with Gasteiger partial charge in [-0.05, 0) is 19.4 Å². The zero-order chi connectivity index (χ0) is 15.4. The fraction of sp³-hybridized carbons (Fsp3) is 0.462. The third kappa shape index (κ3) is 3.33. The largest absolute Gasteiger partial charge is 0.341 e. The van der Waals surface area contributed by atoms with Crippen LogP contribution >= 0.6 is 0 Å².